The van der Waals surface area contributed by atoms with E-state index >= 15 is 0 Å². The van der Waals surface area contributed by atoms with Crippen molar-refractivity contribution in [1.29, 1.82) is 0 Å². The van der Waals surface area contributed by atoms with Gasteiger partial charge in [0.2, 0.25) is 0 Å². The summed E-state index contributed by atoms with van der Waals surface area (Å²) in [5.41, 5.74) is 0.280. The van der Waals surface area contributed by atoms with Gasteiger partial charge in [-0.3, -0.25) is 9.89 Å². The highest BCUT2D eigenvalue weighted by atomic mass is 127. The molecule has 0 bridgehead atoms. The summed E-state index contributed by atoms with van der Waals surface area (Å²) in [5, 5.41) is 6.75. The molecule has 1 atom stereocenters. The number of hydrogen-bond acceptors (Lipinski definition) is 4. The highest BCUT2D eigenvalue weighted by molar-refractivity contribution is 14.0. The number of unbranched alkanes of at least 4 members (excludes halogenated alkanes) is 1. The van der Waals surface area contributed by atoms with E-state index in [0.717, 1.165) is 69.2 Å². The van der Waals surface area contributed by atoms with Crippen LogP contribution in [0.4, 0.5) is 13.2 Å². The first-order valence-electron chi connectivity index (χ1n) is 10.3. The number of halogens is 4. The molecule has 0 aromatic heterocycles. The van der Waals surface area contributed by atoms with E-state index in [2.05, 4.69) is 20.5 Å². The maximum atomic E-state index is 12.7. The zero-order chi connectivity index (χ0) is 21.8. The highest BCUT2D eigenvalue weighted by Crippen LogP contribution is 2.29. The van der Waals surface area contributed by atoms with Crippen LogP contribution in [0, 0.1) is 0 Å². The second-order valence-corrected chi connectivity index (χ2v) is 7.37. The lowest BCUT2D eigenvalue weighted by atomic mass is 10.1. The van der Waals surface area contributed by atoms with Crippen molar-refractivity contribution in [2.24, 2.45) is 4.99 Å². The van der Waals surface area contributed by atoms with Gasteiger partial charge >= 0.3 is 6.18 Å². The molecular weight excluding hydrogens is 524 g/mol. The molecule has 1 heterocycles. The van der Waals surface area contributed by atoms with Crippen molar-refractivity contribution < 1.29 is 22.6 Å². The fourth-order valence-electron chi connectivity index (χ4n) is 3.32. The number of nitrogens with zero attached hydrogens (tertiary/aromatic N) is 2. The number of rotatable bonds is 11. The number of aliphatic imine (C=N–C) groups is 1. The zero-order valence-electron chi connectivity index (χ0n) is 18.2. The first-order chi connectivity index (χ1) is 14.4. The summed E-state index contributed by atoms with van der Waals surface area (Å²) in [6, 6.07) is 5.68. The topological polar surface area (TPSA) is 58.1 Å². The smallest absolute Gasteiger partial charge is 0.382 e. The number of hydrogen-bond donors (Lipinski definition) is 2. The van der Waals surface area contributed by atoms with Gasteiger partial charge in [0, 0.05) is 53.0 Å². The van der Waals surface area contributed by atoms with Gasteiger partial charge in [-0.1, -0.05) is 12.1 Å². The van der Waals surface area contributed by atoms with Crippen LogP contribution in [0.5, 0.6) is 0 Å². The van der Waals surface area contributed by atoms with Crippen molar-refractivity contribution in [2.75, 3.05) is 53.6 Å². The van der Waals surface area contributed by atoms with E-state index in [-0.39, 0.29) is 30.0 Å². The average Bonchev–Trinajstić information content (AvgIpc) is 3.15. The van der Waals surface area contributed by atoms with Crippen molar-refractivity contribution in [3.63, 3.8) is 0 Å². The number of alkyl halides is 3. The van der Waals surface area contributed by atoms with Crippen LogP contribution in [0.1, 0.15) is 30.4 Å². The fourth-order valence-corrected chi connectivity index (χ4v) is 3.32. The molecule has 10 heteroatoms. The lowest BCUT2D eigenvalue weighted by Crippen LogP contribution is -2.44. The highest BCUT2D eigenvalue weighted by Gasteiger charge is 2.30. The summed E-state index contributed by atoms with van der Waals surface area (Å²) < 4.78 is 48.4. The summed E-state index contributed by atoms with van der Waals surface area (Å²) in [6.45, 7) is 5.15. The second kappa shape index (κ2) is 14.9. The van der Waals surface area contributed by atoms with E-state index < -0.39 is 11.7 Å². The number of ether oxygens (including phenoxy) is 2. The normalized spacial score (nSPS) is 17.5. The van der Waals surface area contributed by atoms with Crippen molar-refractivity contribution in [2.45, 2.75) is 38.0 Å². The predicted molar refractivity (Wildman–Crippen MR) is 127 cm³/mol. The second-order valence-electron chi connectivity index (χ2n) is 7.37. The van der Waals surface area contributed by atoms with Crippen LogP contribution in [0.25, 0.3) is 0 Å². The molecule has 1 aliphatic heterocycles. The molecule has 2 N–H and O–H groups in total. The van der Waals surface area contributed by atoms with Crippen LogP contribution in [0.2, 0.25) is 0 Å². The summed E-state index contributed by atoms with van der Waals surface area (Å²) in [5.74, 6) is 0.775. The molecule has 1 fully saturated rings. The van der Waals surface area contributed by atoms with E-state index in [0.29, 0.717) is 19.8 Å². The molecule has 31 heavy (non-hydrogen) atoms. The number of likely N-dealkylation sites (tertiary alicyclic amines) is 1. The van der Waals surface area contributed by atoms with Crippen LogP contribution in [-0.2, 0) is 22.2 Å². The van der Waals surface area contributed by atoms with Crippen LogP contribution in [0.3, 0.4) is 0 Å². The van der Waals surface area contributed by atoms with E-state index in [4.69, 9.17) is 9.47 Å². The lowest BCUT2D eigenvalue weighted by Gasteiger charge is -2.19. The molecule has 1 aromatic rings. The van der Waals surface area contributed by atoms with Crippen molar-refractivity contribution >= 4 is 29.9 Å². The minimum absolute atomic E-state index is 0. The van der Waals surface area contributed by atoms with E-state index in [1.54, 1.807) is 26.3 Å². The SMILES string of the molecule is CN=C(NCCCCOCCOC)NC1CCN(Cc2ccc(C(F)(F)F)cc2)C1.I. The Morgan fingerprint density at radius 2 is 1.90 bits per heavy atom. The number of methoxy groups -OCH3 is 1. The third-order valence-corrected chi connectivity index (χ3v) is 4.96. The third-order valence-electron chi connectivity index (χ3n) is 4.96. The summed E-state index contributed by atoms with van der Waals surface area (Å²) in [7, 11) is 3.41. The molecule has 6 nitrogen and oxygen atoms in total. The van der Waals surface area contributed by atoms with Crippen molar-refractivity contribution in [3.05, 3.63) is 35.4 Å². The fraction of sp³-hybridized carbons (Fsp3) is 0.667. The summed E-state index contributed by atoms with van der Waals surface area (Å²) in [6.07, 6.45) is -1.37. The molecular formula is C21H34F3IN4O2. The quantitative estimate of drug-likeness (QED) is 0.189. The van der Waals surface area contributed by atoms with E-state index in [1.165, 1.54) is 0 Å². The van der Waals surface area contributed by atoms with Gasteiger partial charge in [0.05, 0.1) is 18.8 Å². The van der Waals surface area contributed by atoms with Gasteiger partial charge in [-0.25, -0.2) is 0 Å². The number of nitrogens with one attached hydrogen (secondary N) is 2. The van der Waals surface area contributed by atoms with E-state index in [1.807, 2.05) is 0 Å². The maximum absolute atomic E-state index is 12.7. The van der Waals surface area contributed by atoms with Crippen LogP contribution in [-0.4, -0.2) is 70.5 Å². The van der Waals surface area contributed by atoms with E-state index in [9.17, 15) is 13.2 Å². The Bertz CT molecular complexity index is 645. The largest absolute Gasteiger partial charge is 0.416 e. The molecule has 1 aliphatic rings. The first kappa shape index (κ1) is 27.9. The summed E-state index contributed by atoms with van der Waals surface area (Å²) >= 11 is 0. The Morgan fingerprint density at radius 3 is 2.55 bits per heavy atom. The standard InChI is InChI=1S/C21H33F3N4O2.HI/c1-25-20(26-10-3-4-12-30-14-13-29-2)27-19-9-11-28(16-19)15-17-5-7-18(8-6-17)21(22,23)24;/h5-8,19H,3-4,9-16H2,1-2H3,(H2,25,26,27);1H. The summed E-state index contributed by atoms with van der Waals surface area (Å²) in [4.78, 5) is 6.51. The molecule has 0 saturated carbocycles. The van der Waals surface area contributed by atoms with Gasteiger partial charge in [-0.05, 0) is 37.0 Å². The minimum Gasteiger partial charge on any atom is -0.382 e. The van der Waals surface area contributed by atoms with Crippen LogP contribution < -0.4 is 10.6 Å². The molecule has 178 valence electrons. The molecule has 1 aromatic carbocycles. The van der Waals surface area contributed by atoms with Gasteiger partial charge in [0.1, 0.15) is 0 Å². The van der Waals surface area contributed by atoms with Gasteiger partial charge in [0.15, 0.2) is 5.96 Å². The Labute approximate surface area is 200 Å². The zero-order valence-corrected chi connectivity index (χ0v) is 20.5. The molecule has 1 unspecified atom stereocenters. The Morgan fingerprint density at radius 1 is 1.16 bits per heavy atom. The Hall–Kier alpha value is -1.11. The lowest BCUT2D eigenvalue weighted by molar-refractivity contribution is -0.137. The van der Waals surface area contributed by atoms with Crippen LogP contribution in [0.15, 0.2) is 29.3 Å². The predicted octanol–water partition coefficient (Wildman–Crippen LogP) is 3.51. The molecule has 0 radical (unpaired) electrons. The first-order valence-corrected chi connectivity index (χ1v) is 10.3. The van der Waals surface area contributed by atoms with Gasteiger partial charge in [-0.2, -0.15) is 13.2 Å². The van der Waals surface area contributed by atoms with Gasteiger partial charge < -0.3 is 20.1 Å². The number of benzene rings is 1. The minimum atomic E-state index is -4.29. The van der Waals surface area contributed by atoms with Crippen molar-refractivity contribution in [1.82, 2.24) is 15.5 Å². The van der Waals surface area contributed by atoms with Gasteiger partial charge in [-0.15, -0.1) is 24.0 Å². The third kappa shape index (κ3) is 10.8. The maximum Gasteiger partial charge on any atom is 0.416 e. The Balaban J connectivity index is 0.00000480. The molecule has 0 aliphatic carbocycles. The molecule has 1 saturated heterocycles. The molecule has 2 rings (SSSR count). The molecule has 0 amide bonds. The van der Waals surface area contributed by atoms with Crippen LogP contribution >= 0.6 is 24.0 Å². The molecule has 0 spiro atoms. The van der Waals surface area contributed by atoms with Gasteiger partial charge in [0.25, 0.3) is 0 Å². The number of guanidine groups is 1. The monoisotopic (exact) mass is 558 g/mol. The average molecular weight is 558 g/mol. The van der Waals surface area contributed by atoms with Crippen molar-refractivity contribution in [3.8, 4) is 0 Å². The Kier molecular flexibility index (Phi) is 13.4.